The van der Waals surface area contributed by atoms with Crippen LogP contribution in [0.15, 0.2) is 97.1 Å². The lowest BCUT2D eigenvalue weighted by Crippen LogP contribution is -2.44. The molecule has 1 amide bonds. The smallest absolute Gasteiger partial charge is 0.407 e. The molecule has 270 valence electrons. The van der Waals surface area contributed by atoms with E-state index in [1.54, 1.807) is 0 Å². The number of pyridine rings is 1. The molecule has 1 aromatic heterocycles. The highest BCUT2D eigenvalue weighted by atomic mass is 16.6. The first-order valence-corrected chi connectivity index (χ1v) is 18.7. The molecule has 2 N–H and O–H groups in total. The Morgan fingerprint density at radius 1 is 0.745 bits per heavy atom. The van der Waals surface area contributed by atoms with Crippen LogP contribution in [0.4, 0.5) is 10.5 Å². The molecule has 2 fully saturated rings. The number of carbonyl (C=O) groups excluding carboxylic acids is 1. The Balaban J connectivity index is 0.970. The second-order valence-electron chi connectivity index (χ2n) is 15.0. The number of ether oxygens (including phenoxy) is 3. The fraction of sp³-hybridized carbons (Fsp3) is 0.442. The fourth-order valence-electron chi connectivity index (χ4n) is 7.03. The van der Waals surface area contributed by atoms with E-state index in [0.717, 1.165) is 73.5 Å². The molecular formula is C43H54N4O4. The van der Waals surface area contributed by atoms with Crippen LogP contribution >= 0.6 is 0 Å². The number of nitrogens with zero attached hydrogens (tertiary/aromatic N) is 2. The minimum atomic E-state index is -0.460. The van der Waals surface area contributed by atoms with Crippen LogP contribution in [0.5, 0.6) is 11.8 Å². The number of rotatable bonds is 13. The molecule has 2 aliphatic rings. The highest BCUT2D eigenvalue weighted by molar-refractivity contribution is 5.71. The number of amides is 1. The molecule has 1 saturated carbocycles. The van der Waals surface area contributed by atoms with Crippen molar-refractivity contribution in [1.82, 2.24) is 15.6 Å². The summed E-state index contributed by atoms with van der Waals surface area (Å²) in [5.41, 5.74) is 5.00. The van der Waals surface area contributed by atoms with Crippen LogP contribution in [-0.2, 0) is 18.0 Å². The third-order valence-corrected chi connectivity index (χ3v) is 9.87. The molecule has 0 unspecified atom stereocenters. The SMILES string of the molecule is CC(C)(C)OC(=O)NC1CCC(NCCC2CCN(c3ccc(-c4ccc(OCc5ccccc5)nc4OCc4ccccc4)cc3)CC2)CC1. The summed E-state index contributed by atoms with van der Waals surface area (Å²) >= 11 is 0. The average Bonchev–Trinajstić information content (AvgIpc) is 3.14. The molecule has 1 saturated heterocycles. The molecule has 0 bridgehead atoms. The highest BCUT2D eigenvalue weighted by Crippen LogP contribution is 2.34. The molecule has 3 aromatic carbocycles. The summed E-state index contributed by atoms with van der Waals surface area (Å²) in [6.45, 7) is 9.79. The molecule has 8 nitrogen and oxygen atoms in total. The minimum Gasteiger partial charge on any atom is -0.473 e. The molecule has 0 spiro atoms. The van der Waals surface area contributed by atoms with E-state index in [9.17, 15) is 4.79 Å². The molecule has 1 aliphatic heterocycles. The number of hydrogen-bond acceptors (Lipinski definition) is 7. The Kier molecular flexibility index (Phi) is 12.5. The van der Waals surface area contributed by atoms with Crippen LogP contribution in [0, 0.1) is 5.92 Å². The van der Waals surface area contributed by atoms with Gasteiger partial charge >= 0.3 is 6.09 Å². The van der Waals surface area contributed by atoms with Gasteiger partial charge in [-0.1, -0.05) is 72.8 Å². The lowest BCUT2D eigenvalue weighted by atomic mass is 9.90. The van der Waals surface area contributed by atoms with Crippen molar-refractivity contribution >= 4 is 11.8 Å². The Bertz CT molecular complexity index is 1640. The van der Waals surface area contributed by atoms with Crippen LogP contribution in [0.25, 0.3) is 11.1 Å². The maximum atomic E-state index is 12.1. The number of hydrogen-bond donors (Lipinski definition) is 2. The van der Waals surface area contributed by atoms with Crippen LogP contribution in [0.1, 0.15) is 76.8 Å². The Morgan fingerprint density at radius 3 is 1.98 bits per heavy atom. The van der Waals surface area contributed by atoms with Gasteiger partial charge < -0.3 is 29.7 Å². The first kappa shape index (κ1) is 36.2. The monoisotopic (exact) mass is 690 g/mol. The van der Waals surface area contributed by atoms with Crippen molar-refractivity contribution in [3.05, 3.63) is 108 Å². The number of benzene rings is 3. The zero-order valence-electron chi connectivity index (χ0n) is 30.5. The lowest BCUT2D eigenvalue weighted by molar-refractivity contribution is 0.0489. The summed E-state index contributed by atoms with van der Waals surface area (Å²) in [4.78, 5) is 19.4. The van der Waals surface area contributed by atoms with Crippen LogP contribution < -0.4 is 25.0 Å². The molecule has 2 heterocycles. The fourth-order valence-corrected chi connectivity index (χ4v) is 7.03. The molecule has 6 rings (SSSR count). The van der Waals surface area contributed by atoms with E-state index >= 15 is 0 Å². The summed E-state index contributed by atoms with van der Waals surface area (Å²) in [5, 5.41) is 6.86. The van der Waals surface area contributed by atoms with Crippen LogP contribution in [-0.4, -0.2) is 48.4 Å². The van der Waals surface area contributed by atoms with E-state index in [4.69, 9.17) is 19.2 Å². The van der Waals surface area contributed by atoms with Crippen molar-refractivity contribution in [2.75, 3.05) is 24.5 Å². The third kappa shape index (κ3) is 11.2. The minimum absolute atomic E-state index is 0.216. The summed E-state index contributed by atoms with van der Waals surface area (Å²) in [5.74, 6) is 1.86. The largest absolute Gasteiger partial charge is 0.473 e. The maximum Gasteiger partial charge on any atom is 0.407 e. The van der Waals surface area contributed by atoms with Crippen molar-refractivity contribution < 1.29 is 19.0 Å². The quantitative estimate of drug-likeness (QED) is 0.145. The van der Waals surface area contributed by atoms with Gasteiger partial charge in [-0.15, -0.1) is 0 Å². The predicted octanol–water partition coefficient (Wildman–Crippen LogP) is 8.94. The van der Waals surface area contributed by atoms with Crippen LogP contribution in [0.2, 0.25) is 0 Å². The molecule has 1 aliphatic carbocycles. The molecular weight excluding hydrogens is 636 g/mol. The zero-order chi connectivity index (χ0) is 35.5. The number of carbonyl (C=O) groups is 1. The molecule has 0 radical (unpaired) electrons. The molecule has 0 atom stereocenters. The van der Waals surface area contributed by atoms with Gasteiger partial charge in [0.2, 0.25) is 11.8 Å². The topological polar surface area (TPSA) is 85.0 Å². The van der Waals surface area contributed by atoms with Crippen molar-refractivity contribution in [1.29, 1.82) is 0 Å². The van der Waals surface area contributed by atoms with Gasteiger partial charge in [0.05, 0.1) is 0 Å². The molecule has 4 aromatic rings. The van der Waals surface area contributed by atoms with Gasteiger partial charge in [-0.2, -0.15) is 4.98 Å². The van der Waals surface area contributed by atoms with Gasteiger partial charge in [0.15, 0.2) is 0 Å². The van der Waals surface area contributed by atoms with E-state index in [1.165, 1.54) is 24.9 Å². The van der Waals surface area contributed by atoms with Crippen molar-refractivity contribution in [2.45, 2.75) is 96.6 Å². The second kappa shape index (κ2) is 17.6. The van der Waals surface area contributed by atoms with Crippen molar-refractivity contribution in [3.8, 4) is 22.9 Å². The van der Waals surface area contributed by atoms with E-state index in [2.05, 4.69) is 58.0 Å². The number of piperidine rings is 1. The summed E-state index contributed by atoms with van der Waals surface area (Å²) in [6, 6.07) is 33.8. The molecule has 51 heavy (non-hydrogen) atoms. The second-order valence-corrected chi connectivity index (χ2v) is 15.0. The number of aromatic nitrogens is 1. The van der Waals surface area contributed by atoms with E-state index < -0.39 is 5.60 Å². The molecule has 8 heteroatoms. The van der Waals surface area contributed by atoms with E-state index in [1.807, 2.05) is 75.4 Å². The zero-order valence-corrected chi connectivity index (χ0v) is 30.5. The van der Waals surface area contributed by atoms with Gasteiger partial charge in [0.25, 0.3) is 0 Å². The average molecular weight is 691 g/mol. The first-order valence-electron chi connectivity index (χ1n) is 18.7. The van der Waals surface area contributed by atoms with Gasteiger partial charge in [-0.05, 0) is 113 Å². The standard InChI is InChI=1S/C43H54N4O4/c1-43(2,3)51-42(48)45-37-18-16-36(17-19-37)44-27-24-32-25-28-47(29-26-32)38-20-14-35(15-21-38)39-22-23-40(49-30-33-10-6-4-7-11-33)46-41(39)50-31-34-12-8-5-9-13-34/h4-15,20-23,32,36-37,44H,16-19,24-31H2,1-3H3,(H,45,48). The Morgan fingerprint density at radius 2 is 1.35 bits per heavy atom. The van der Waals surface area contributed by atoms with Gasteiger partial charge in [0, 0.05) is 42.5 Å². The number of nitrogens with one attached hydrogen (secondary N) is 2. The number of alkyl carbamates (subject to hydrolysis) is 1. The van der Waals surface area contributed by atoms with E-state index in [0.29, 0.717) is 31.0 Å². The Labute approximate surface area is 303 Å². The normalized spacial score (nSPS) is 18.2. The van der Waals surface area contributed by atoms with Crippen molar-refractivity contribution in [2.24, 2.45) is 5.92 Å². The van der Waals surface area contributed by atoms with E-state index in [-0.39, 0.29) is 12.1 Å². The summed E-state index contributed by atoms with van der Waals surface area (Å²) < 4.78 is 17.8. The lowest BCUT2D eigenvalue weighted by Gasteiger charge is -2.34. The van der Waals surface area contributed by atoms with Gasteiger partial charge in [-0.3, -0.25) is 0 Å². The first-order chi connectivity index (χ1) is 24.8. The Hall–Kier alpha value is -4.56. The maximum absolute atomic E-state index is 12.1. The summed E-state index contributed by atoms with van der Waals surface area (Å²) in [7, 11) is 0. The third-order valence-electron chi connectivity index (χ3n) is 9.87. The predicted molar refractivity (Wildman–Crippen MR) is 204 cm³/mol. The van der Waals surface area contributed by atoms with Gasteiger partial charge in [0.1, 0.15) is 18.8 Å². The summed E-state index contributed by atoms with van der Waals surface area (Å²) in [6.07, 6.45) is 7.53. The van der Waals surface area contributed by atoms with Gasteiger partial charge in [-0.25, -0.2) is 4.79 Å². The highest BCUT2D eigenvalue weighted by Gasteiger charge is 2.25. The number of anilines is 1. The van der Waals surface area contributed by atoms with Crippen LogP contribution in [0.3, 0.4) is 0 Å². The van der Waals surface area contributed by atoms with Crippen molar-refractivity contribution in [3.63, 3.8) is 0 Å².